The van der Waals surface area contributed by atoms with Crippen LogP contribution in [-0.2, 0) is 32.5 Å². The van der Waals surface area contributed by atoms with Gasteiger partial charge in [-0.2, -0.15) is 23.8 Å². The Hall–Kier alpha value is -0.730. The third-order valence-corrected chi connectivity index (χ3v) is 2.47. The first kappa shape index (κ1) is 11.3. The molecule has 2 N–H and O–H groups in total. The molecule has 0 aliphatic carbocycles. The van der Waals surface area contributed by atoms with Gasteiger partial charge in [-0.05, 0) is 12.1 Å². The number of hydrogen-bond acceptors (Lipinski definition) is 4. The van der Waals surface area contributed by atoms with Gasteiger partial charge in [-0.25, -0.2) is 0 Å². The summed E-state index contributed by atoms with van der Waals surface area (Å²) in [5, 5.41) is 9.57. The minimum atomic E-state index is -4.22. The van der Waals surface area contributed by atoms with Crippen LogP contribution in [0, 0.1) is 0 Å². The third-order valence-electron chi connectivity index (χ3n) is 1.59. The number of nitrogens with one attached hydrogen (secondary N) is 1. The first-order valence-corrected chi connectivity index (χ1v) is 4.80. The smallest absolute Gasteiger partial charge is 0.282 e. The van der Waals surface area contributed by atoms with Gasteiger partial charge in [-0.3, -0.25) is 4.55 Å². The van der Waals surface area contributed by atoms with Gasteiger partial charge >= 0.3 is 22.4 Å². The van der Waals surface area contributed by atoms with Crippen LogP contribution in [0.1, 0.15) is 0 Å². The van der Waals surface area contributed by atoms with Gasteiger partial charge in [0, 0.05) is 0 Å². The Kier molecular flexibility index (Phi) is 3.07. The Morgan fingerprint density at radius 2 is 2.00 bits per heavy atom. The molecule has 0 atom stereocenters. The van der Waals surface area contributed by atoms with E-state index in [9.17, 15) is 8.42 Å². The van der Waals surface area contributed by atoms with E-state index in [0.29, 0.717) is 5.52 Å². The van der Waals surface area contributed by atoms with Gasteiger partial charge in [0.15, 0.2) is 0 Å². The van der Waals surface area contributed by atoms with Crippen molar-refractivity contribution in [2.45, 2.75) is 4.90 Å². The van der Waals surface area contributed by atoms with Crippen molar-refractivity contribution in [3.8, 4) is 0 Å². The molecule has 1 heterocycles. The normalized spacial score (nSPS) is 11.2. The van der Waals surface area contributed by atoms with E-state index in [1.54, 1.807) is 6.07 Å². The Labute approximate surface area is 95.0 Å². The maximum atomic E-state index is 10.8. The van der Waals surface area contributed by atoms with Crippen molar-refractivity contribution < 1.29 is 35.4 Å². The molecule has 0 bridgehead atoms. The molecular formula is C6H5AgN3O3S+. The van der Waals surface area contributed by atoms with Crippen LogP contribution in [0.4, 0.5) is 0 Å². The molecule has 0 spiro atoms. The number of aromatic amines is 1. The summed E-state index contributed by atoms with van der Waals surface area (Å²) < 4.78 is 30.4. The number of aromatic nitrogens is 3. The summed E-state index contributed by atoms with van der Waals surface area (Å²) >= 11 is 0. The Bertz CT molecular complexity index is 550. The topological polar surface area (TPSA) is 95.9 Å². The van der Waals surface area contributed by atoms with Crippen molar-refractivity contribution in [3.63, 3.8) is 0 Å². The van der Waals surface area contributed by atoms with Crippen LogP contribution in [0.5, 0.6) is 0 Å². The zero-order chi connectivity index (χ0) is 9.47. The van der Waals surface area contributed by atoms with E-state index in [2.05, 4.69) is 15.4 Å². The third kappa shape index (κ3) is 1.86. The predicted molar refractivity (Wildman–Crippen MR) is 43.7 cm³/mol. The second-order valence-electron chi connectivity index (χ2n) is 2.42. The van der Waals surface area contributed by atoms with E-state index >= 15 is 0 Å². The SMILES string of the molecule is O=S(=O)(O)c1cccc2n[nH]nc12.[Ag+]. The van der Waals surface area contributed by atoms with Gasteiger partial charge < -0.3 is 0 Å². The summed E-state index contributed by atoms with van der Waals surface area (Å²) in [5.41, 5.74) is 0.542. The molecule has 78 valence electrons. The van der Waals surface area contributed by atoms with Crippen molar-refractivity contribution >= 4 is 21.2 Å². The van der Waals surface area contributed by atoms with Crippen LogP contribution in [0.3, 0.4) is 0 Å². The molecule has 6 nitrogen and oxygen atoms in total. The monoisotopic (exact) mass is 306 g/mol. The summed E-state index contributed by atoms with van der Waals surface area (Å²) in [5.74, 6) is 0. The van der Waals surface area contributed by atoms with E-state index in [1.807, 2.05) is 0 Å². The molecule has 0 aliphatic heterocycles. The number of fused-ring (bicyclic) bond motifs is 1. The molecule has 0 radical (unpaired) electrons. The molecule has 14 heavy (non-hydrogen) atoms. The van der Waals surface area contributed by atoms with Crippen LogP contribution in [0.15, 0.2) is 23.1 Å². The van der Waals surface area contributed by atoms with E-state index in [4.69, 9.17) is 4.55 Å². The quantitative estimate of drug-likeness (QED) is 0.580. The second kappa shape index (κ2) is 3.79. The first-order chi connectivity index (χ1) is 6.09. The van der Waals surface area contributed by atoms with Gasteiger partial charge in [0.1, 0.15) is 15.9 Å². The fourth-order valence-corrected chi connectivity index (χ4v) is 1.70. The number of benzene rings is 1. The van der Waals surface area contributed by atoms with Crippen molar-refractivity contribution in [1.82, 2.24) is 15.4 Å². The Morgan fingerprint density at radius 3 is 2.64 bits per heavy atom. The standard InChI is InChI=1S/C6H5N3O3S.Ag/c10-13(11,12)5-3-1-2-4-6(5)8-9-7-4;/h1-3H,(H,7,8,9)(H,10,11,12);/q;+1. The summed E-state index contributed by atoms with van der Waals surface area (Å²) in [6.07, 6.45) is 0. The molecule has 1 aromatic carbocycles. The number of nitrogens with zero attached hydrogens (tertiary/aromatic N) is 2. The van der Waals surface area contributed by atoms with E-state index in [0.717, 1.165) is 0 Å². The fourth-order valence-electron chi connectivity index (χ4n) is 1.05. The van der Waals surface area contributed by atoms with Gasteiger partial charge in [0.05, 0.1) is 0 Å². The zero-order valence-electron chi connectivity index (χ0n) is 6.60. The number of rotatable bonds is 1. The van der Waals surface area contributed by atoms with E-state index in [1.165, 1.54) is 12.1 Å². The van der Waals surface area contributed by atoms with E-state index in [-0.39, 0.29) is 32.8 Å². The van der Waals surface area contributed by atoms with E-state index < -0.39 is 10.1 Å². The van der Waals surface area contributed by atoms with Crippen molar-refractivity contribution in [1.29, 1.82) is 0 Å². The largest absolute Gasteiger partial charge is 1.00 e. The van der Waals surface area contributed by atoms with Crippen LogP contribution in [-0.4, -0.2) is 28.4 Å². The number of H-pyrrole nitrogens is 1. The van der Waals surface area contributed by atoms with Crippen LogP contribution in [0.2, 0.25) is 0 Å². The molecule has 1 aromatic heterocycles. The molecule has 8 heteroatoms. The molecule has 0 fully saturated rings. The maximum absolute atomic E-state index is 10.8. The van der Waals surface area contributed by atoms with Crippen LogP contribution >= 0.6 is 0 Å². The fraction of sp³-hybridized carbons (Fsp3) is 0. The van der Waals surface area contributed by atoms with Crippen molar-refractivity contribution in [3.05, 3.63) is 18.2 Å². The molecule has 0 saturated heterocycles. The molecule has 0 saturated carbocycles. The first-order valence-electron chi connectivity index (χ1n) is 3.36. The summed E-state index contributed by atoms with van der Waals surface area (Å²) in [6, 6.07) is 4.33. The molecule has 2 rings (SSSR count). The minimum Gasteiger partial charge on any atom is -0.282 e. The molecule has 0 aliphatic rings. The van der Waals surface area contributed by atoms with Gasteiger partial charge in [-0.1, -0.05) is 6.07 Å². The molecular weight excluding hydrogens is 302 g/mol. The van der Waals surface area contributed by atoms with Crippen molar-refractivity contribution in [2.24, 2.45) is 0 Å². The van der Waals surface area contributed by atoms with Gasteiger partial charge in [0.25, 0.3) is 10.1 Å². The molecule has 2 aromatic rings. The summed E-state index contributed by atoms with van der Waals surface area (Å²) in [6.45, 7) is 0. The molecule has 0 amide bonds. The van der Waals surface area contributed by atoms with Gasteiger partial charge in [-0.15, -0.1) is 0 Å². The second-order valence-corrected chi connectivity index (χ2v) is 3.81. The average molecular weight is 307 g/mol. The zero-order valence-corrected chi connectivity index (χ0v) is 8.90. The molecule has 0 unspecified atom stereocenters. The minimum absolute atomic E-state index is 0. The summed E-state index contributed by atoms with van der Waals surface area (Å²) in [4.78, 5) is -0.237. The van der Waals surface area contributed by atoms with Crippen molar-refractivity contribution in [2.75, 3.05) is 0 Å². The summed E-state index contributed by atoms with van der Waals surface area (Å²) in [7, 11) is -4.22. The average Bonchev–Trinajstić information content (AvgIpc) is 2.48. The number of hydrogen-bond donors (Lipinski definition) is 2. The number of para-hydroxylation sites is 1. The Balaban J connectivity index is 0.000000980. The predicted octanol–water partition coefficient (Wildman–Crippen LogP) is 0.202. The van der Waals surface area contributed by atoms with Crippen LogP contribution in [0.25, 0.3) is 11.0 Å². The van der Waals surface area contributed by atoms with Crippen LogP contribution < -0.4 is 0 Å². The maximum Gasteiger partial charge on any atom is 1.00 e. The Morgan fingerprint density at radius 1 is 1.29 bits per heavy atom. The van der Waals surface area contributed by atoms with Gasteiger partial charge in [0.2, 0.25) is 0 Å².